The number of rotatable bonds is 5. The van der Waals surface area contributed by atoms with E-state index in [1.165, 1.54) is 0 Å². The molecule has 2 rings (SSSR count). The number of piperazine rings is 1. The van der Waals surface area contributed by atoms with Crippen LogP contribution in [0.5, 0.6) is 0 Å². The molecule has 0 unspecified atom stereocenters. The summed E-state index contributed by atoms with van der Waals surface area (Å²) in [4.78, 5) is 2.38. The van der Waals surface area contributed by atoms with E-state index in [1.807, 2.05) is 6.92 Å². The Morgan fingerprint density at radius 3 is 2.35 bits per heavy atom. The van der Waals surface area contributed by atoms with Crippen molar-refractivity contribution < 1.29 is 8.42 Å². The minimum atomic E-state index is -3.24. The molecular formula is C10H22N4O2S. The lowest BCUT2D eigenvalue weighted by Gasteiger charge is -2.42. The molecule has 0 bridgehead atoms. The van der Waals surface area contributed by atoms with E-state index in [2.05, 4.69) is 14.9 Å². The maximum atomic E-state index is 11.9. The smallest absolute Gasteiger partial charge is 0.279 e. The molecule has 100 valence electrons. The first-order chi connectivity index (χ1) is 8.13. The Balaban J connectivity index is 1.81. The third-order valence-electron chi connectivity index (χ3n) is 3.42. The normalized spacial score (nSPS) is 24.8. The van der Waals surface area contributed by atoms with Gasteiger partial charge in [0.1, 0.15) is 0 Å². The van der Waals surface area contributed by atoms with E-state index in [9.17, 15) is 8.42 Å². The summed E-state index contributed by atoms with van der Waals surface area (Å²) in [5.41, 5.74) is 0. The SMILES string of the molecule is CCCNS(=O)(=O)N1CCN(C2CNC2)CC1. The molecule has 2 heterocycles. The molecule has 0 aromatic heterocycles. The third-order valence-corrected chi connectivity index (χ3v) is 5.04. The Labute approximate surface area is 104 Å². The molecule has 0 aromatic rings. The summed E-state index contributed by atoms with van der Waals surface area (Å²) in [6.45, 7) is 7.48. The van der Waals surface area contributed by atoms with Crippen LogP contribution in [0.3, 0.4) is 0 Å². The second-order valence-electron chi connectivity index (χ2n) is 4.65. The molecule has 0 amide bonds. The van der Waals surface area contributed by atoms with Gasteiger partial charge in [-0.2, -0.15) is 12.7 Å². The van der Waals surface area contributed by atoms with Crippen molar-refractivity contribution in [2.45, 2.75) is 19.4 Å². The van der Waals surface area contributed by atoms with E-state index in [-0.39, 0.29) is 0 Å². The highest BCUT2D eigenvalue weighted by atomic mass is 32.2. The molecule has 0 atom stereocenters. The minimum Gasteiger partial charge on any atom is -0.314 e. The molecule has 0 aliphatic carbocycles. The Morgan fingerprint density at radius 1 is 1.24 bits per heavy atom. The molecule has 6 nitrogen and oxygen atoms in total. The molecule has 2 aliphatic heterocycles. The summed E-state index contributed by atoms with van der Waals surface area (Å²) >= 11 is 0. The van der Waals surface area contributed by atoms with Crippen LogP contribution in [0.1, 0.15) is 13.3 Å². The lowest BCUT2D eigenvalue weighted by molar-refractivity contribution is 0.103. The fourth-order valence-electron chi connectivity index (χ4n) is 2.16. The van der Waals surface area contributed by atoms with E-state index >= 15 is 0 Å². The van der Waals surface area contributed by atoms with Gasteiger partial charge in [-0.05, 0) is 6.42 Å². The fourth-order valence-corrected chi connectivity index (χ4v) is 3.45. The van der Waals surface area contributed by atoms with Gasteiger partial charge in [0.05, 0.1) is 0 Å². The quantitative estimate of drug-likeness (QED) is 0.655. The fraction of sp³-hybridized carbons (Fsp3) is 1.00. The zero-order valence-electron chi connectivity index (χ0n) is 10.4. The van der Waals surface area contributed by atoms with Crippen molar-refractivity contribution in [3.63, 3.8) is 0 Å². The van der Waals surface area contributed by atoms with Crippen LogP contribution in [0.25, 0.3) is 0 Å². The average molecular weight is 262 g/mol. The molecule has 0 radical (unpaired) electrons. The summed E-state index contributed by atoms with van der Waals surface area (Å²) in [7, 11) is -3.24. The van der Waals surface area contributed by atoms with Crippen LogP contribution in [-0.2, 0) is 10.2 Å². The Kier molecular flexibility index (Phi) is 4.37. The first kappa shape index (κ1) is 13.2. The predicted molar refractivity (Wildman–Crippen MR) is 67.0 cm³/mol. The molecule has 17 heavy (non-hydrogen) atoms. The molecule has 2 fully saturated rings. The molecule has 2 aliphatic rings. The average Bonchev–Trinajstić information content (AvgIpc) is 2.25. The standard InChI is InChI=1S/C10H22N4O2S/c1-2-3-12-17(15,16)14-6-4-13(5-7-14)10-8-11-9-10/h10-12H,2-9H2,1H3. The van der Waals surface area contributed by atoms with Gasteiger partial charge in [0.25, 0.3) is 10.2 Å². The summed E-state index contributed by atoms with van der Waals surface area (Å²) in [5, 5.41) is 3.24. The lowest BCUT2D eigenvalue weighted by atomic mass is 10.1. The van der Waals surface area contributed by atoms with Crippen molar-refractivity contribution in [2.75, 3.05) is 45.8 Å². The molecule has 2 saturated heterocycles. The van der Waals surface area contributed by atoms with Gasteiger partial charge < -0.3 is 5.32 Å². The van der Waals surface area contributed by atoms with Crippen LogP contribution in [-0.4, -0.2) is 69.5 Å². The predicted octanol–water partition coefficient (Wildman–Crippen LogP) is -1.18. The Morgan fingerprint density at radius 2 is 1.88 bits per heavy atom. The van der Waals surface area contributed by atoms with Crippen molar-refractivity contribution in [3.05, 3.63) is 0 Å². The summed E-state index contributed by atoms with van der Waals surface area (Å²) in [6, 6.07) is 0.614. The van der Waals surface area contributed by atoms with Gasteiger partial charge in [0, 0.05) is 51.9 Å². The maximum Gasteiger partial charge on any atom is 0.279 e. The van der Waals surface area contributed by atoms with Crippen LogP contribution >= 0.6 is 0 Å². The van der Waals surface area contributed by atoms with E-state index < -0.39 is 10.2 Å². The van der Waals surface area contributed by atoms with Gasteiger partial charge in [-0.3, -0.25) is 4.90 Å². The third kappa shape index (κ3) is 3.17. The Bertz CT molecular complexity index is 334. The van der Waals surface area contributed by atoms with E-state index in [1.54, 1.807) is 4.31 Å². The first-order valence-corrected chi connectivity index (χ1v) is 7.77. The second kappa shape index (κ2) is 5.62. The van der Waals surface area contributed by atoms with E-state index in [0.29, 0.717) is 25.7 Å². The molecule has 7 heteroatoms. The van der Waals surface area contributed by atoms with E-state index in [4.69, 9.17) is 0 Å². The Hall–Kier alpha value is -0.210. The van der Waals surface area contributed by atoms with Crippen LogP contribution in [0.15, 0.2) is 0 Å². The van der Waals surface area contributed by atoms with Crippen molar-refractivity contribution in [3.8, 4) is 0 Å². The zero-order valence-corrected chi connectivity index (χ0v) is 11.2. The molecule has 0 saturated carbocycles. The van der Waals surface area contributed by atoms with Gasteiger partial charge in [-0.1, -0.05) is 6.92 Å². The van der Waals surface area contributed by atoms with Crippen LogP contribution in [0.4, 0.5) is 0 Å². The van der Waals surface area contributed by atoms with E-state index in [0.717, 1.165) is 32.6 Å². The summed E-state index contributed by atoms with van der Waals surface area (Å²) < 4.78 is 28.0. The number of hydrogen-bond donors (Lipinski definition) is 2. The van der Waals surface area contributed by atoms with Crippen molar-refractivity contribution in [1.29, 1.82) is 0 Å². The van der Waals surface area contributed by atoms with Crippen LogP contribution < -0.4 is 10.0 Å². The molecule has 0 aromatic carbocycles. The van der Waals surface area contributed by atoms with Crippen LogP contribution in [0.2, 0.25) is 0 Å². The van der Waals surface area contributed by atoms with Gasteiger partial charge in [0.15, 0.2) is 0 Å². The maximum absolute atomic E-state index is 11.9. The number of nitrogens with zero attached hydrogens (tertiary/aromatic N) is 2. The largest absolute Gasteiger partial charge is 0.314 e. The minimum absolute atomic E-state index is 0.523. The van der Waals surface area contributed by atoms with Crippen molar-refractivity contribution >= 4 is 10.2 Å². The molecule has 2 N–H and O–H groups in total. The monoisotopic (exact) mass is 262 g/mol. The number of nitrogens with one attached hydrogen (secondary N) is 2. The highest BCUT2D eigenvalue weighted by Crippen LogP contribution is 2.11. The van der Waals surface area contributed by atoms with Crippen LogP contribution in [0, 0.1) is 0 Å². The zero-order chi connectivity index (χ0) is 12.3. The summed E-state index contributed by atoms with van der Waals surface area (Å²) in [5.74, 6) is 0. The highest BCUT2D eigenvalue weighted by molar-refractivity contribution is 7.87. The lowest BCUT2D eigenvalue weighted by Crippen LogP contribution is -2.62. The van der Waals surface area contributed by atoms with Crippen molar-refractivity contribution in [2.24, 2.45) is 0 Å². The molecular weight excluding hydrogens is 240 g/mol. The topological polar surface area (TPSA) is 64.7 Å². The second-order valence-corrected chi connectivity index (χ2v) is 6.40. The highest BCUT2D eigenvalue weighted by Gasteiger charge is 2.31. The summed E-state index contributed by atoms with van der Waals surface area (Å²) in [6.07, 6.45) is 0.826. The van der Waals surface area contributed by atoms with Gasteiger partial charge in [-0.25, -0.2) is 4.72 Å². The van der Waals surface area contributed by atoms with Gasteiger partial charge in [-0.15, -0.1) is 0 Å². The number of hydrogen-bond acceptors (Lipinski definition) is 4. The van der Waals surface area contributed by atoms with Crippen molar-refractivity contribution in [1.82, 2.24) is 19.2 Å². The first-order valence-electron chi connectivity index (χ1n) is 6.33. The molecule has 0 spiro atoms. The van der Waals surface area contributed by atoms with Gasteiger partial charge >= 0.3 is 0 Å². The van der Waals surface area contributed by atoms with Gasteiger partial charge in [0.2, 0.25) is 0 Å².